The summed E-state index contributed by atoms with van der Waals surface area (Å²) in [5.74, 6) is -1.74. The highest BCUT2D eigenvalue weighted by molar-refractivity contribution is 5.87. The van der Waals surface area contributed by atoms with E-state index in [-0.39, 0.29) is 17.6 Å². The van der Waals surface area contributed by atoms with Crippen LogP contribution in [-0.2, 0) is 9.59 Å². The van der Waals surface area contributed by atoms with Gasteiger partial charge in [0.05, 0.1) is 5.92 Å². The first-order chi connectivity index (χ1) is 6.45. The van der Waals surface area contributed by atoms with Gasteiger partial charge in [0.1, 0.15) is 5.78 Å². The molecular formula is C11H20O3. The third-order valence-electron chi connectivity index (χ3n) is 2.98. The lowest BCUT2D eigenvalue weighted by molar-refractivity contribution is -0.146. The zero-order valence-corrected chi connectivity index (χ0v) is 9.41. The second kappa shape index (κ2) is 5.78. The molecule has 0 aliphatic rings. The van der Waals surface area contributed by atoms with Crippen molar-refractivity contribution in [2.75, 3.05) is 0 Å². The molecule has 0 aliphatic carbocycles. The minimum absolute atomic E-state index is 0.0202. The normalized spacial score (nSPS) is 15.2. The monoisotopic (exact) mass is 200 g/mol. The summed E-state index contributed by atoms with van der Waals surface area (Å²) in [4.78, 5) is 22.5. The van der Waals surface area contributed by atoms with Gasteiger partial charge in [-0.25, -0.2) is 0 Å². The minimum atomic E-state index is -0.892. The Morgan fingerprint density at radius 1 is 1.07 bits per heavy atom. The van der Waals surface area contributed by atoms with Crippen LogP contribution in [0, 0.1) is 17.8 Å². The Balaban J connectivity index is 4.44. The summed E-state index contributed by atoms with van der Waals surface area (Å²) in [6.07, 6.45) is 1.60. The fourth-order valence-corrected chi connectivity index (χ4v) is 1.52. The number of carboxylic acids is 1. The number of hydrogen-bond donors (Lipinski definition) is 1. The molecule has 3 nitrogen and oxygen atoms in total. The van der Waals surface area contributed by atoms with E-state index < -0.39 is 11.9 Å². The molecule has 0 aromatic rings. The summed E-state index contributed by atoms with van der Waals surface area (Å²) >= 11 is 0. The van der Waals surface area contributed by atoms with Crippen molar-refractivity contribution in [3.8, 4) is 0 Å². The van der Waals surface area contributed by atoms with Crippen molar-refractivity contribution < 1.29 is 14.7 Å². The van der Waals surface area contributed by atoms with Gasteiger partial charge in [-0.2, -0.15) is 0 Å². The van der Waals surface area contributed by atoms with Gasteiger partial charge in [0, 0.05) is 11.8 Å². The lowest BCUT2D eigenvalue weighted by Crippen LogP contribution is -2.29. The second-order valence-corrected chi connectivity index (χ2v) is 3.83. The summed E-state index contributed by atoms with van der Waals surface area (Å²) in [7, 11) is 0. The smallest absolute Gasteiger partial charge is 0.306 e. The Bertz CT molecular complexity index is 207. The Morgan fingerprint density at radius 2 is 1.50 bits per heavy atom. The van der Waals surface area contributed by atoms with Crippen LogP contribution in [0.5, 0.6) is 0 Å². The molecule has 0 radical (unpaired) electrons. The van der Waals surface area contributed by atoms with Gasteiger partial charge in [0.25, 0.3) is 0 Å². The molecule has 2 atom stereocenters. The highest BCUT2D eigenvalue weighted by Crippen LogP contribution is 2.20. The molecule has 82 valence electrons. The van der Waals surface area contributed by atoms with Crippen LogP contribution < -0.4 is 0 Å². The molecule has 0 bridgehead atoms. The first-order valence-electron chi connectivity index (χ1n) is 5.22. The average Bonchev–Trinajstić information content (AvgIpc) is 2.17. The first-order valence-corrected chi connectivity index (χ1v) is 5.22. The van der Waals surface area contributed by atoms with Gasteiger partial charge in [-0.05, 0) is 12.8 Å². The highest BCUT2D eigenvalue weighted by atomic mass is 16.4. The highest BCUT2D eigenvalue weighted by Gasteiger charge is 2.29. The molecular weight excluding hydrogens is 180 g/mol. The molecule has 0 aromatic carbocycles. The molecule has 0 saturated heterocycles. The van der Waals surface area contributed by atoms with Crippen LogP contribution in [0.25, 0.3) is 0 Å². The van der Waals surface area contributed by atoms with Crippen molar-refractivity contribution in [2.24, 2.45) is 17.8 Å². The molecule has 0 amide bonds. The molecule has 0 aliphatic heterocycles. The molecule has 0 fully saturated rings. The number of Topliss-reactive ketones (excluding diaryl/α,β-unsaturated/α-hetero) is 1. The maximum Gasteiger partial charge on any atom is 0.306 e. The van der Waals surface area contributed by atoms with Gasteiger partial charge in [-0.15, -0.1) is 0 Å². The SMILES string of the molecule is CCC(CC)C(=O)C(C)C(C)C(=O)O. The summed E-state index contributed by atoms with van der Waals surface area (Å²) in [6.45, 7) is 7.22. The molecule has 0 heterocycles. The van der Waals surface area contributed by atoms with E-state index in [4.69, 9.17) is 5.11 Å². The topological polar surface area (TPSA) is 54.4 Å². The number of hydrogen-bond acceptors (Lipinski definition) is 2. The number of carbonyl (C=O) groups is 2. The van der Waals surface area contributed by atoms with E-state index in [1.165, 1.54) is 0 Å². The quantitative estimate of drug-likeness (QED) is 0.716. The van der Waals surface area contributed by atoms with Crippen LogP contribution in [0.2, 0.25) is 0 Å². The number of ketones is 1. The van der Waals surface area contributed by atoms with E-state index in [9.17, 15) is 9.59 Å². The molecule has 0 spiro atoms. The molecule has 0 rings (SSSR count). The predicted octanol–water partition coefficient (Wildman–Crippen LogP) is 2.35. The number of aliphatic carboxylic acids is 1. The van der Waals surface area contributed by atoms with Crippen molar-refractivity contribution in [2.45, 2.75) is 40.5 Å². The van der Waals surface area contributed by atoms with E-state index in [0.717, 1.165) is 12.8 Å². The summed E-state index contributed by atoms with van der Waals surface area (Å²) < 4.78 is 0. The fourth-order valence-electron chi connectivity index (χ4n) is 1.52. The van der Waals surface area contributed by atoms with Gasteiger partial charge >= 0.3 is 5.97 Å². The summed E-state index contributed by atoms with van der Waals surface area (Å²) in [5, 5.41) is 8.78. The van der Waals surface area contributed by atoms with Crippen LogP contribution in [0.3, 0.4) is 0 Å². The summed E-state index contributed by atoms with van der Waals surface area (Å²) in [5.41, 5.74) is 0. The van der Waals surface area contributed by atoms with Crippen molar-refractivity contribution in [3.05, 3.63) is 0 Å². The lowest BCUT2D eigenvalue weighted by Gasteiger charge is -2.19. The van der Waals surface area contributed by atoms with E-state index in [1.54, 1.807) is 13.8 Å². The van der Waals surface area contributed by atoms with E-state index in [0.29, 0.717) is 0 Å². The largest absolute Gasteiger partial charge is 0.481 e. The zero-order chi connectivity index (χ0) is 11.3. The molecule has 0 aromatic heterocycles. The Hall–Kier alpha value is -0.860. The molecule has 14 heavy (non-hydrogen) atoms. The van der Waals surface area contributed by atoms with Crippen LogP contribution in [0.4, 0.5) is 0 Å². The van der Waals surface area contributed by atoms with Crippen LogP contribution in [0.15, 0.2) is 0 Å². The standard InChI is InChI=1S/C11H20O3/c1-5-9(6-2)10(12)7(3)8(4)11(13)14/h7-9H,5-6H2,1-4H3,(H,13,14). The van der Waals surface area contributed by atoms with Crippen molar-refractivity contribution >= 4 is 11.8 Å². The Kier molecular flexibility index (Phi) is 5.43. The van der Waals surface area contributed by atoms with Crippen LogP contribution in [0.1, 0.15) is 40.5 Å². The predicted molar refractivity (Wildman–Crippen MR) is 55.0 cm³/mol. The fraction of sp³-hybridized carbons (Fsp3) is 0.818. The minimum Gasteiger partial charge on any atom is -0.481 e. The third kappa shape index (κ3) is 3.13. The molecule has 1 N–H and O–H groups in total. The average molecular weight is 200 g/mol. The Labute approximate surface area is 85.5 Å². The maximum absolute atomic E-state index is 11.8. The van der Waals surface area contributed by atoms with Crippen molar-refractivity contribution in [1.29, 1.82) is 0 Å². The maximum atomic E-state index is 11.8. The first kappa shape index (κ1) is 13.1. The summed E-state index contributed by atoms with van der Waals surface area (Å²) in [6, 6.07) is 0. The second-order valence-electron chi connectivity index (χ2n) is 3.83. The third-order valence-corrected chi connectivity index (χ3v) is 2.98. The number of carbonyl (C=O) groups excluding carboxylic acids is 1. The van der Waals surface area contributed by atoms with Gasteiger partial charge in [-0.1, -0.05) is 27.7 Å². The van der Waals surface area contributed by atoms with Crippen molar-refractivity contribution in [3.63, 3.8) is 0 Å². The van der Waals surface area contributed by atoms with Crippen LogP contribution in [-0.4, -0.2) is 16.9 Å². The molecule has 2 unspecified atom stereocenters. The molecule has 3 heteroatoms. The van der Waals surface area contributed by atoms with Gasteiger partial charge < -0.3 is 5.11 Å². The number of rotatable bonds is 6. The van der Waals surface area contributed by atoms with E-state index in [1.807, 2.05) is 13.8 Å². The lowest BCUT2D eigenvalue weighted by atomic mass is 9.83. The number of carboxylic acid groups (broad SMARTS) is 1. The van der Waals surface area contributed by atoms with Gasteiger partial charge in [0.15, 0.2) is 0 Å². The van der Waals surface area contributed by atoms with Crippen molar-refractivity contribution in [1.82, 2.24) is 0 Å². The Morgan fingerprint density at radius 3 is 1.79 bits per heavy atom. The van der Waals surface area contributed by atoms with Crippen LogP contribution >= 0.6 is 0 Å². The molecule has 0 saturated carbocycles. The van der Waals surface area contributed by atoms with Gasteiger partial charge in [0.2, 0.25) is 0 Å². The zero-order valence-electron chi connectivity index (χ0n) is 9.41. The van der Waals surface area contributed by atoms with Gasteiger partial charge in [-0.3, -0.25) is 9.59 Å². The van der Waals surface area contributed by atoms with E-state index in [2.05, 4.69) is 0 Å². The van der Waals surface area contributed by atoms with E-state index >= 15 is 0 Å².